The van der Waals surface area contributed by atoms with E-state index in [1.54, 1.807) is 0 Å². The van der Waals surface area contributed by atoms with Crippen LogP contribution < -0.4 is 5.73 Å². The lowest BCUT2D eigenvalue weighted by Crippen LogP contribution is -2.45. The van der Waals surface area contributed by atoms with Gasteiger partial charge >= 0.3 is 0 Å². The molecule has 0 radical (unpaired) electrons. The smallest absolute Gasteiger partial charge is 0.0578 e. The van der Waals surface area contributed by atoms with Gasteiger partial charge in [0.25, 0.3) is 0 Å². The van der Waals surface area contributed by atoms with E-state index in [1.807, 2.05) is 0 Å². The number of allylic oxidation sites excluding steroid dienone is 2. The van der Waals surface area contributed by atoms with Crippen LogP contribution >= 0.6 is 0 Å². The highest BCUT2D eigenvalue weighted by molar-refractivity contribution is 5.89. The van der Waals surface area contributed by atoms with Gasteiger partial charge in [0.2, 0.25) is 0 Å². The Hall–Kier alpha value is -4.46. The molecule has 0 aliphatic heterocycles. The minimum absolute atomic E-state index is 0.270. The van der Waals surface area contributed by atoms with Crippen molar-refractivity contribution in [2.45, 2.75) is 25.3 Å². The first-order valence-electron chi connectivity index (χ1n) is 13.6. The van der Waals surface area contributed by atoms with Gasteiger partial charge < -0.3 is 5.73 Å². The number of nitrogens with two attached hydrogens (primary N) is 1. The summed E-state index contributed by atoms with van der Waals surface area (Å²) < 4.78 is 0. The standard InChI is InChI=1S/C38H33N/c1-27-14-12-22-33(36(27)29-16-6-3-7-17-29)31-24-25-38(35(39)26-31,32-20-10-5-11-21-32)34-23-13-15-28(2)37(34)30-18-8-4-9-19-30/h3-26,35H,39H2,1-2H3. The third kappa shape index (κ3) is 4.35. The summed E-state index contributed by atoms with van der Waals surface area (Å²) in [6.07, 6.45) is 6.90. The maximum absolute atomic E-state index is 7.30. The number of aryl methyl sites for hydroxylation is 2. The molecule has 5 aromatic carbocycles. The number of rotatable bonds is 5. The third-order valence-electron chi connectivity index (χ3n) is 8.09. The van der Waals surface area contributed by atoms with Gasteiger partial charge in [-0.2, -0.15) is 0 Å². The van der Waals surface area contributed by atoms with Crippen molar-refractivity contribution in [1.82, 2.24) is 0 Å². The van der Waals surface area contributed by atoms with Crippen molar-refractivity contribution in [3.05, 3.63) is 173 Å². The van der Waals surface area contributed by atoms with Crippen molar-refractivity contribution in [3.63, 3.8) is 0 Å². The van der Waals surface area contributed by atoms with Crippen LogP contribution in [0.25, 0.3) is 27.8 Å². The molecule has 0 amide bonds. The van der Waals surface area contributed by atoms with E-state index < -0.39 is 5.41 Å². The number of hydrogen-bond donors (Lipinski definition) is 1. The van der Waals surface area contributed by atoms with Gasteiger partial charge in [0.1, 0.15) is 0 Å². The van der Waals surface area contributed by atoms with E-state index in [2.05, 4.69) is 159 Å². The van der Waals surface area contributed by atoms with Gasteiger partial charge in [0, 0.05) is 6.04 Å². The molecule has 1 aliphatic carbocycles. The van der Waals surface area contributed by atoms with E-state index in [-0.39, 0.29) is 6.04 Å². The molecule has 0 spiro atoms. The Bertz CT molecular complexity index is 1660. The van der Waals surface area contributed by atoms with E-state index in [4.69, 9.17) is 5.73 Å². The van der Waals surface area contributed by atoms with E-state index in [0.717, 1.165) is 5.57 Å². The Morgan fingerprint density at radius 1 is 0.564 bits per heavy atom. The van der Waals surface area contributed by atoms with Crippen molar-refractivity contribution in [1.29, 1.82) is 0 Å². The second-order valence-electron chi connectivity index (χ2n) is 10.4. The molecule has 2 N–H and O–H groups in total. The lowest BCUT2D eigenvalue weighted by atomic mass is 9.64. The van der Waals surface area contributed by atoms with E-state index in [0.29, 0.717) is 0 Å². The largest absolute Gasteiger partial charge is 0.323 e. The molecule has 5 aromatic rings. The average molecular weight is 504 g/mol. The first kappa shape index (κ1) is 24.9. The van der Waals surface area contributed by atoms with Gasteiger partial charge in [-0.1, -0.05) is 146 Å². The van der Waals surface area contributed by atoms with Crippen LogP contribution in [0, 0.1) is 13.8 Å². The molecule has 0 saturated heterocycles. The predicted molar refractivity (Wildman–Crippen MR) is 166 cm³/mol. The van der Waals surface area contributed by atoms with Gasteiger partial charge in [-0.25, -0.2) is 0 Å². The summed E-state index contributed by atoms with van der Waals surface area (Å²) in [6.45, 7) is 4.38. The van der Waals surface area contributed by atoms with Crippen LogP contribution in [0.5, 0.6) is 0 Å². The Balaban J connectivity index is 1.56. The second-order valence-corrected chi connectivity index (χ2v) is 10.4. The van der Waals surface area contributed by atoms with Crippen molar-refractivity contribution in [2.24, 2.45) is 5.73 Å². The quantitative estimate of drug-likeness (QED) is 0.255. The lowest BCUT2D eigenvalue weighted by Gasteiger charge is -2.41. The Morgan fingerprint density at radius 3 is 1.72 bits per heavy atom. The molecule has 1 nitrogen and oxygen atoms in total. The fourth-order valence-electron chi connectivity index (χ4n) is 6.22. The van der Waals surface area contributed by atoms with Gasteiger partial charge in [0.05, 0.1) is 5.41 Å². The normalized spacial score (nSPS) is 18.5. The summed E-state index contributed by atoms with van der Waals surface area (Å²) in [5.41, 5.74) is 19.0. The minimum atomic E-state index is -0.515. The topological polar surface area (TPSA) is 26.0 Å². The van der Waals surface area contributed by atoms with Crippen molar-refractivity contribution in [2.75, 3.05) is 0 Å². The fraction of sp³-hybridized carbons (Fsp3) is 0.105. The van der Waals surface area contributed by atoms with Gasteiger partial charge in [0.15, 0.2) is 0 Å². The summed E-state index contributed by atoms with van der Waals surface area (Å²) in [5.74, 6) is 0. The summed E-state index contributed by atoms with van der Waals surface area (Å²) in [6, 6.07) is 44.9. The number of hydrogen-bond acceptors (Lipinski definition) is 1. The second kappa shape index (κ2) is 10.4. The maximum atomic E-state index is 7.30. The first-order chi connectivity index (χ1) is 19.1. The molecule has 2 unspecified atom stereocenters. The van der Waals surface area contributed by atoms with Crippen molar-refractivity contribution in [3.8, 4) is 22.3 Å². The Morgan fingerprint density at radius 2 is 1.10 bits per heavy atom. The number of benzene rings is 5. The van der Waals surface area contributed by atoms with Crippen molar-refractivity contribution >= 4 is 5.57 Å². The summed E-state index contributed by atoms with van der Waals surface area (Å²) >= 11 is 0. The fourth-order valence-corrected chi connectivity index (χ4v) is 6.22. The van der Waals surface area contributed by atoms with Gasteiger partial charge in [-0.3, -0.25) is 0 Å². The summed E-state index contributed by atoms with van der Waals surface area (Å²) in [5, 5.41) is 0. The molecule has 39 heavy (non-hydrogen) atoms. The minimum Gasteiger partial charge on any atom is -0.323 e. The summed E-state index contributed by atoms with van der Waals surface area (Å²) in [4.78, 5) is 0. The van der Waals surface area contributed by atoms with Crippen LogP contribution in [0.4, 0.5) is 0 Å². The molecular weight excluding hydrogens is 470 g/mol. The molecule has 0 bridgehead atoms. The maximum Gasteiger partial charge on any atom is 0.0578 e. The molecule has 0 aromatic heterocycles. The molecule has 1 aliphatic rings. The van der Waals surface area contributed by atoms with E-state index >= 15 is 0 Å². The van der Waals surface area contributed by atoms with Crippen LogP contribution in [-0.2, 0) is 5.41 Å². The molecule has 2 atom stereocenters. The first-order valence-corrected chi connectivity index (χ1v) is 13.6. The SMILES string of the molecule is Cc1cccc(C2=CC(N)C(c3ccccc3)(c3cccc(C)c3-c3ccccc3)C=C2)c1-c1ccccc1. The average Bonchev–Trinajstić information content (AvgIpc) is 2.98. The van der Waals surface area contributed by atoms with Crippen LogP contribution in [0.2, 0.25) is 0 Å². The van der Waals surface area contributed by atoms with E-state index in [9.17, 15) is 0 Å². The molecule has 0 heterocycles. The zero-order valence-electron chi connectivity index (χ0n) is 22.5. The predicted octanol–water partition coefficient (Wildman–Crippen LogP) is 8.90. The summed E-state index contributed by atoms with van der Waals surface area (Å²) in [7, 11) is 0. The Kier molecular flexibility index (Phi) is 6.60. The Labute approximate surface area is 232 Å². The van der Waals surface area contributed by atoms with Crippen LogP contribution in [0.3, 0.4) is 0 Å². The van der Waals surface area contributed by atoms with Gasteiger partial charge in [-0.15, -0.1) is 0 Å². The van der Waals surface area contributed by atoms with Crippen LogP contribution in [-0.4, -0.2) is 6.04 Å². The molecule has 6 rings (SSSR count). The molecule has 1 heteroatoms. The lowest BCUT2D eigenvalue weighted by molar-refractivity contribution is 0.561. The van der Waals surface area contributed by atoms with Gasteiger partial charge in [-0.05, 0) is 69.5 Å². The monoisotopic (exact) mass is 503 g/mol. The van der Waals surface area contributed by atoms with Crippen molar-refractivity contribution < 1.29 is 0 Å². The van der Waals surface area contributed by atoms with E-state index in [1.165, 1.54) is 50.1 Å². The van der Waals surface area contributed by atoms with Crippen LogP contribution in [0.15, 0.2) is 146 Å². The highest BCUT2D eigenvalue weighted by atomic mass is 14.7. The zero-order valence-corrected chi connectivity index (χ0v) is 22.5. The van der Waals surface area contributed by atoms with Crippen LogP contribution in [0.1, 0.15) is 27.8 Å². The molecular formula is C38H33N. The highest BCUT2D eigenvalue weighted by Gasteiger charge is 2.41. The zero-order chi connectivity index (χ0) is 26.8. The molecule has 0 fully saturated rings. The third-order valence-corrected chi connectivity index (χ3v) is 8.09. The molecule has 190 valence electrons. The highest BCUT2D eigenvalue weighted by Crippen LogP contribution is 2.47. The molecule has 0 saturated carbocycles.